The van der Waals surface area contributed by atoms with Crippen LogP contribution in [0.1, 0.15) is 36.8 Å². The zero-order chi connectivity index (χ0) is 15.3. The smallest absolute Gasteiger partial charge is 0.389 e. The predicted molar refractivity (Wildman–Crippen MR) is 73.9 cm³/mol. The molecule has 2 atom stereocenters. The zero-order valence-corrected chi connectivity index (χ0v) is 12.0. The Bertz CT molecular complexity index is 497. The van der Waals surface area contributed by atoms with E-state index in [1.165, 1.54) is 12.1 Å². The molecule has 0 amide bonds. The van der Waals surface area contributed by atoms with Gasteiger partial charge in [-0.1, -0.05) is 12.1 Å². The van der Waals surface area contributed by atoms with Crippen molar-refractivity contribution in [3.05, 3.63) is 35.4 Å². The maximum Gasteiger partial charge on any atom is 0.416 e. The lowest BCUT2D eigenvalue weighted by atomic mass is 9.81. The summed E-state index contributed by atoms with van der Waals surface area (Å²) < 4.78 is 37.7. The highest BCUT2D eigenvalue weighted by Gasteiger charge is 2.45. The van der Waals surface area contributed by atoms with Gasteiger partial charge in [-0.15, -0.1) is 0 Å². The van der Waals surface area contributed by atoms with Gasteiger partial charge in [-0.05, 0) is 50.4 Å². The average molecular weight is 299 g/mol. The molecule has 0 aliphatic carbocycles. The number of benzene rings is 1. The Morgan fingerprint density at radius 1 is 1.14 bits per heavy atom. The van der Waals surface area contributed by atoms with Crippen LogP contribution in [0.3, 0.4) is 0 Å². The van der Waals surface area contributed by atoms with Crippen LogP contribution in [-0.4, -0.2) is 34.7 Å². The van der Waals surface area contributed by atoms with Gasteiger partial charge in [0.1, 0.15) is 0 Å². The molecule has 0 spiro atoms. The molecule has 0 radical (unpaired) electrons. The predicted octanol–water partition coefficient (Wildman–Crippen LogP) is 3.24. The largest absolute Gasteiger partial charge is 0.416 e. The van der Waals surface area contributed by atoms with Crippen LogP contribution in [-0.2, 0) is 12.6 Å². The Morgan fingerprint density at radius 3 is 2.14 bits per heavy atom. The third-order valence-electron chi connectivity index (χ3n) is 5.03. The number of piperidine rings is 1. The second-order valence-corrected chi connectivity index (χ2v) is 6.55. The van der Waals surface area contributed by atoms with Crippen molar-refractivity contribution in [2.24, 2.45) is 0 Å². The van der Waals surface area contributed by atoms with E-state index >= 15 is 0 Å². The second-order valence-electron chi connectivity index (χ2n) is 6.55. The van der Waals surface area contributed by atoms with Crippen molar-refractivity contribution in [2.45, 2.75) is 56.0 Å². The minimum Gasteiger partial charge on any atom is -0.389 e. The normalized spacial score (nSPS) is 33.4. The molecule has 116 valence electrons. The average Bonchev–Trinajstić information content (AvgIpc) is 2.61. The van der Waals surface area contributed by atoms with Crippen LogP contribution in [0.4, 0.5) is 13.2 Å². The Morgan fingerprint density at radius 2 is 1.67 bits per heavy atom. The highest BCUT2D eigenvalue weighted by Crippen LogP contribution is 2.41. The summed E-state index contributed by atoms with van der Waals surface area (Å²) in [5.74, 6) is 0. The van der Waals surface area contributed by atoms with Gasteiger partial charge in [-0.3, -0.25) is 0 Å². The summed E-state index contributed by atoms with van der Waals surface area (Å²) >= 11 is 0. The van der Waals surface area contributed by atoms with E-state index in [1.807, 2.05) is 0 Å². The number of rotatable bonds is 2. The minimum atomic E-state index is -4.30. The molecule has 2 aliphatic rings. The van der Waals surface area contributed by atoms with Crippen molar-refractivity contribution in [1.82, 2.24) is 4.90 Å². The van der Waals surface area contributed by atoms with Crippen LogP contribution >= 0.6 is 0 Å². The molecular weight excluding hydrogens is 279 g/mol. The number of hydrogen-bond acceptors (Lipinski definition) is 2. The molecule has 2 aliphatic heterocycles. The van der Waals surface area contributed by atoms with Gasteiger partial charge in [0, 0.05) is 18.5 Å². The van der Waals surface area contributed by atoms with Crippen LogP contribution in [0.15, 0.2) is 24.3 Å². The number of aliphatic hydroxyl groups is 1. The van der Waals surface area contributed by atoms with E-state index < -0.39 is 17.3 Å². The van der Waals surface area contributed by atoms with Crippen molar-refractivity contribution in [1.29, 1.82) is 0 Å². The topological polar surface area (TPSA) is 23.5 Å². The van der Waals surface area contributed by atoms with Gasteiger partial charge in [0.2, 0.25) is 0 Å². The molecule has 21 heavy (non-hydrogen) atoms. The SMILES string of the molecule is CN1C2CCC1CC(O)(Cc1ccc(C(F)(F)F)cc1)C2. The van der Waals surface area contributed by atoms with E-state index in [9.17, 15) is 18.3 Å². The summed E-state index contributed by atoms with van der Waals surface area (Å²) in [6.07, 6.45) is -0.233. The van der Waals surface area contributed by atoms with Gasteiger partial charge in [0.25, 0.3) is 0 Å². The number of halogens is 3. The molecule has 0 saturated carbocycles. The molecule has 2 fully saturated rings. The first-order chi connectivity index (χ1) is 9.77. The molecule has 2 nitrogen and oxygen atoms in total. The number of hydrogen-bond donors (Lipinski definition) is 1. The molecule has 2 unspecified atom stereocenters. The first-order valence-corrected chi connectivity index (χ1v) is 7.37. The van der Waals surface area contributed by atoms with E-state index in [1.54, 1.807) is 0 Å². The lowest BCUT2D eigenvalue weighted by molar-refractivity contribution is -0.137. The molecule has 0 aromatic heterocycles. The molecule has 2 bridgehead atoms. The van der Waals surface area contributed by atoms with Crippen LogP contribution in [0, 0.1) is 0 Å². The Balaban J connectivity index is 1.72. The van der Waals surface area contributed by atoms with Gasteiger partial charge < -0.3 is 10.0 Å². The summed E-state index contributed by atoms with van der Waals surface area (Å²) in [5.41, 5.74) is -0.644. The molecule has 2 heterocycles. The standard InChI is InChI=1S/C16H20F3NO/c1-20-13-6-7-14(20)10-15(21,9-13)8-11-2-4-12(5-3-11)16(17,18)19/h2-5,13-14,21H,6-10H2,1H3. The summed E-state index contributed by atoms with van der Waals surface area (Å²) in [5, 5.41) is 10.8. The van der Waals surface area contributed by atoms with Gasteiger partial charge >= 0.3 is 6.18 Å². The molecule has 1 aromatic rings. The monoisotopic (exact) mass is 299 g/mol. The third kappa shape index (κ3) is 2.94. The maximum atomic E-state index is 12.6. The Kier molecular flexibility index (Phi) is 3.53. The number of fused-ring (bicyclic) bond motifs is 2. The number of alkyl halides is 3. The van der Waals surface area contributed by atoms with Crippen molar-refractivity contribution in [2.75, 3.05) is 7.05 Å². The quantitative estimate of drug-likeness (QED) is 0.906. The molecule has 2 saturated heterocycles. The first kappa shape index (κ1) is 14.9. The Hall–Kier alpha value is -1.07. The van der Waals surface area contributed by atoms with E-state index in [0.717, 1.165) is 30.5 Å². The van der Waals surface area contributed by atoms with Gasteiger partial charge in [0.05, 0.1) is 11.2 Å². The van der Waals surface area contributed by atoms with Gasteiger partial charge in [-0.25, -0.2) is 0 Å². The van der Waals surface area contributed by atoms with Gasteiger partial charge in [-0.2, -0.15) is 13.2 Å². The number of nitrogens with zero attached hydrogens (tertiary/aromatic N) is 1. The molecule has 1 aromatic carbocycles. The fourth-order valence-corrected chi connectivity index (χ4v) is 3.88. The lowest BCUT2D eigenvalue weighted by Crippen LogP contribution is -2.50. The van der Waals surface area contributed by atoms with Gasteiger partial charge in [0.15, 0.2) is 0 Å². The van der Waals surface area contributed by atoms with Crippen LogP contribution in [0.5, 0.6) is 0 Å². The fourth-order valence-electron chi connectivity index (χ4n) is 3.88. The second kappa shape index (κ2) is 4.99. The van der Waals surface area contributed by atoms with E-state index in [4.69, 9.17) is 0 Å². The van der Waals surface area contributed by atoms with Crippen LogP contribution in [0.2, 0.25) is 0 Å². The van der Waals surface area contributed by atoms with E-state index in [0.29, 0.717) is 31.3 Å². The summed E-state index contributed by atoms with van der Waals surface area (Å²) in [4.78, 5) is 2.33. The first-order valence-electron chi connectivity index (χ1n) is 7.37. The van der Waals surface area contributed by atoms with E-state index in [2.05, 4.69) is 11.9 Å². The summed E-state index contributed by atoms with van der Waals surface area (Å²) in [6, 6.07) is 5.98. The summed E-state index contributed by atoms with van der Waals surface area (Å²) in [6.45, 7) is 0. The van der Waals surface area contributed by atoms with Crippen molar-refractivity contribution >= 4 is 0 Å². The van der Waals surface area contributed by atoms with Crippen LogP contribution in [0.25, 0.3) is 0 Å². The van der Waals surface area contributed by atoms with Crippen molar-refractivity contribution in [3.8, 4) is 0 Å². The maximum absolute atomic E-state index is 12.6. The van der Waals surface area contributed by atoms with Crippen molar-refractivity contribution in [3.63, 3.8) is 0 Å². The summed E-state index contributed by atoms with van der Waals surface area (Å²) in [7, 11) is 2.10. The molecule has 3 rings (SSSR count). The van der Waals surface area contributed by atoms with E-state index in [-0.39, 0.29) is 0 Å². The van der Waals surface area contributed by atoms with Crippen LogP contribution < -0.4 is 0 Å². The Labute approximate surface area is 122 Å². The highest BCUT2D eigenvalue weighted by molar-refractivity contribution is 5.26. The highest BCUT2D eigenvalue weighted by atomic mass is 19.4. The zero-order valence-electron chi connectivity index (χ0n) is 12.0. The van der Waals surface area contributed by atoms with Crippen molar-refractivity contribution < 1.29 is 18.3 Å². The molecule has 1 N–H and O–H groups in total. The third-order valence-corrected chi connectivity index (χ3v) is 5.03. The fraction of sp³-hybridized carbons (Fsp3) is 0.625. The minimum absolute atomic E-state index is 0.406. The lowest BCUT2D eigenvalue weighted by Gasteiger charge is -2.42. The molecule has 5 heteroatoms. The molecular formula is C16H20F3NO.